The highest BCUT2D eigenvalue weighted by Crippen LogP contribution is 2.16. The summed E-state index contributed by atoms with van der Waals surface area (Å²) in [6.07, 6.45) is 0.193. The average Bonchev–Trinajstić information content (AvgIpc) is 2.20. The van der Waals surface area contributed by atoms with Gasteiger partial charge in [0.2, 0.25) is 0 Å². The lowest BCUT2D eigenvalue weighted by Crippen LogP contribution is -2.04. The molecule has 1 aromatic rings. The zero-order valence-electron chi connectivity index (χ0n) is 7.68. The summed E-state index contributed by atoms with van der Waals surface area (Å²) < 4.78 is 25.5. The van der Waals surface area contributed by atoms with E-state index in [1.165, 1.54) is 0 Å². The van der Waals surface area contributed by atoms with Crippen LogP contribution in [-0.2, 0) is 6.61 Å². The maximum atomic E-state index is 12.8. The summed E-state index contributed by atoms with van der Waals surface area (Å²) in [5.41, 5.74) is 0.171. The third-order valence-corrected chi connectivity index (χ3v) is 1.94. The first-order valence-electron chi connectivity index (χ1n) is 4.22. The van der Waals surface area contributed by atoms with Crippen LogP contribution in [0.1, 0.15) is 29.3 Å². The second-order valence-corrected chi connectivity index (χ2v) is 2.86. The molecule has 0 bridgehead atoms. The van der Waals surface area contributed by atoms with Crippen molar-refractivity contribution in [2.45, 2.75) is 20.0 Å². The van der Waals surface area contributed by atoms with Gasteiger partial charge < -0.3 is 5.11 Å². The fourth-order valence-electron chi connectivity index (χ4n) is 1.17. The van der Waals surface area contributed by atoms with Crippen molar-refractivity contribution in [2.75, 3.05) is 0 Å². The number of halogens is 2. The molecule has 0 aromatic heterocycles. The van der Waals surface area contributed by atoms with Crippen molar-refractivity contribution in [1.82, 2.24) is 0 Å². The summed E-state index contributed by atoms with van der Waals surface area (Å²) in [4.78, 5) is 11.3. The highest BCUT2D eigenvalue weighted by Gasteiger charge is 2.13. The Kier molecular flexibility index (Phi) is 3.30. The topological polar surface area (TPSA) is 37.3 Å². The molecule has 1 aromatic carbocycles. The van der Waals surface area contributed by atoms with Gasteiger partial charge in [-0.25, -0.2) is 8.78 Å². The maximum absolute atomic E-state index is 12.8. The molecule has 76 valence electrons. The molecule has 0 heterocycles. The van der Waals surface area contributed by atoms with E-state index in [1.807, 2.05) is 0 Å². The molecule has 0 fully saturated rings. The Morgan fingerprint density at radius 2 is 1.93 bits per heavy atom. The molecule has 14 heavy (non-hydrogen) atoms. The second-order valence-electron chi connectivity index (χ2n) is 2.86. The molecule has 0 unspecified atom stereocenters. The SMILES string of the molecule is CCC(=O)c1cc(F)c(F)cc1CO. The Labute approximate surface area is 80.2 Å². The summed E-state index contributed by atoms with van der Waals surface area (Å²) in [6, 6.07) is 1.67. The smallest absolute Gasteiger partial charge is 0.163 e. The number of hydrogen-bond acceptors (Lipinski definition) is 2. The van der Waals surface area contributed by atoms with Gasteiger partial charge in [0, 0.05) is 12.0 Å². The minimum absolute atomic E-state index is 0.0499. The molecule has 1 rings (SSSR count). The van der Waals surface area contributed by atoms with Crippen LogP contribution < -0.4 is 0 Å². The number of hydrogen-bond donors (Lipinski definition) is 1. The number of benzene rings is 1. The minimum atomic E-state index is -1.07. The summed E-state index contributed by atoms with van der Waals surface area (Å²) in [5, 5.41) is 8.84. The molecule has 4 heteroatoms. The van der Waals surface area contributed by atoms with Gasteiger partial charge in [0.1, 0.15) is 0 Å². The summed E-state index contributed by atoms with van der Waals surface area (Å²) >= 11 is 0. The van der Waals surface area contributed by atoms with Gasteiger partial charge in [-0.05, 0) is 17.7 Å². The summed E-state index contributed by atoms with van der Waals surface area (Å²) in [7, 11) is 0. The molecule has 0 aliphatic heterocycles. The van der Waals surface area contributed by atoms with E-state index in [9.17, 15) is 13.6 Å². The van der Waals surface area contributed by atoms with Gasteiger partial charge >= 0.3 is 0 Å². The molecule has 0 spiro atoms. The van der Waals surface area contributed by atoms with Crippen molar-refractivity contribution >= 4 is 5.78 Å². The van der Waals surface area contributed by atoms with Gasteiger partial charge in [-0.15, -0.1) is 0 Å². The molecule has 0 atom stereocenters. The van der Waals surface area contributed by atoms with Crippen molar-refractivity contribution in [3.63, 3.8) is 0 Å². The first-order valence-corrected chi connectivity index (χ1v) is 4.22. The van der Waals surface area contributed by atoms with Crippen LogP contribution in [0.2, 0.25) is 0 Å². The lowest BCUT2D eigenvalue weighted by molar-refractivity contribution is 0.0984. The van der Waals surface area contributed by atoms with E-state index in [4.69, 9.17) is 5.11 Å². The fourth-order valence-corrected chi connectivity index (χ4v) is 1.17. The van der Waals surface area contributed by atoms with Gasteiger partial charge in [0.15, 0.2) is 17.4 Å². The molecule has 0 amide bonds. The lowest BCUT2D eigenvalue weighted by Gasteiger charge is -2.05. The van der Waals surface area contributed by atoms with Gasteiger partial charge in [-0.2, -0.15) is 0 Å². The van der Waals surface area contributed by atoms with E-state index in [0.717, 1.165) is 12.1 Å². The van der Waals surface area contributed by atoms with Crippen LogP contribution in [0.5, 0.6) is 0 Å². The lowest BCUT2D eigenvalue weighted by atomic mass is 10.0. The van der Waals surface area contributed by atoms with E-state index in [-0.39, 0.29) is 23.3 Å². The van der Waals surface area contributed by atoms with E-state index in [0.29, 0.717) is 0 Å². The number of rotatable bonds is 3. The molecule has 0 aliphatic rings. The first-order chi connectivity index (χ1) is 6.60. The van der Waals surface area contributed by atoms with Gasteiger partial charge in [-0.1, -0.05) is 6.92 Å². The van der Waals surface area contributed by atoms with Crippen molar-refractivity contribution in [1.29, 1.82) is 0 Å². The fraction of sp³-hybridized carbons (Fsp3) is 0.300. The first kappa shape index (κ1) is 10.8. The Balaban J connectivity index is 3.27. The van der Waals surface area contributed by atoms with Crippen molar-refractivity contribution in [2.24, 2.45) is 0 Å². The molecule has 0 radical (unpaired) electrons. The quantitative estimate of drug-likeness (QED) is 0.758. The van der Waals surface area contributed by atoms with E-state index in [2.05, 4.69) is 0 Å². The van der Waals surface area contributed by atoms with Crippen LogP contribution >= 0.6 is 0 Å². The van der Waals surface area contributed by atoms with Crippen molar-refractivity contribution in [3.8, 4) is 0 Å². The van der Waals surface area contributed by atoms with Gasteiger partial charge in [0.05, 0.1) is 6.61 Å². The number of carbonyl (C=O) groups excluding carboxylic acids is 1. The van der Waals surface area contributed by atoms with E-state index >= 15 is 0 Å². The molecule has 0 saturated carbocycles. The van der Waals surface area contributed by atoms with Crippen LogP contribution in [0.3, 0.4) is 0 Å². The Hall–Kier alpha value is -1.29. The predicted octanol–water partition coefficient (Wildman–Crippen LogP) is 2.05. The Morgan fingerprint density at radius 1 is 1.36 bits per heavy atom. The van der Waals surface area contributed by atoms with Gasteiger partial charge in [0.25, 0.3) is 0 Å². The number of aliphatic hydroxyl groups excluding tert-OH is 1. The molecule has 1 N–H and O–H groups in total. The van der Waals surface area contributed by atoms with Crippen molar-refractivity contribution < 1.29 is 18.7 Å². The monoisotopic (exact) mass is 200 g/mol. The Bertz CT molecular complexity index is 361. The van der Waals surface area contributed by atoms with E-state index in [1.54, 1.807) is 6.92 Å². The zero-order valence-corrected chi connectivity index (χ0v) is 7.68. The van der Waals surface area contributed by atoms with Crippen LogP contribution in [-0.4, -0.2) is 10.9 Å². The van der Waals surface area contributed by atoms with Crippen LogP contribution in [0.15, 0.2) is 12.1 Å². The summed E-state index contributed by atoms with van der Waals surface area (Å²) in [6.45, 7) is 1.14. The van der Waals surface area contributed by atoms with Crippen LogP contribution in [0, 0.1) is 11.6 Å². The zero-order chi connectivity index (χ0) is 10.7. The number of ketones is 1. The second kappa shape index (κ2) is 4.28. The maximum Gasteiger partial charge on any atom is 0.163 e. The van der Waals surface area contributed by atoms with Gasteiger partial charge in [-0.3, -0.25) is 4.79 Å². The molecular formula is C10H10F2O2. The summed E-state index contributed by atoms with van der Waals surface area (Å²) in [5.74, 6) is -2.44. The highest BCUT2D eigenvalue weighted by molar-refractivity contribution is 5.97. The molecular weight excluding hydrogens is 190 g/mol. The molecule has 0 aliphatic carbocycles. The third-order valence-electron chi connectivity index (χ3n) is 1.94. The average molecular weight is 200 g/mol. The highest BCUT2D eigenvalue weighted by atomic mass is 19.2. The van der Waals surface area contributed by atoms with Crippen LogP contribution in [0.25, 0.3) is 0 Å². The van der Waals surface area contributed by atoms with Crippen LogP contribution in [0.4, 0.5) is 8.78 Å². The third kappa shape index (κ3) is 1.96. The number of carbonyl (C=O) groups is 1. The molecule has 0 saturated heterocycles. The van der Waals surface area contributed by atoms with Crippen molar-refractivity contribution in [3.05, 3.63) is 34.9 Å². The Morgan fingerprint density at radius 3 is 2.43 bits per heavy atom. The predicted molar refractivity (Wildman–Crippen MR) is 46.9 cm³/mol. The molecule has 2 nitrogen and oxygen atoms in total. The number of aliphatic hydroxyl groups is 1. The minimum Gasteiger partial charge on any atom is -0.392 e. The standard InChI is InChI=1S/C10H10F2O2/c1-2-10(14)7-4-9(12)8(11)3-6(7)5-13/h3-4,13H,2,5H2,1H3. The van der Waals surface area contributed by atoms with E-state index < -0.39 is 18.2 Å². The largest absolute Gasteiger partial charge is 0.392 e. The number of Topliss-reactive ketones (excluding diaryl/α,β-unsaturated/α-hetero) is 1. The normalized spacial score (nSPS) is 10.3.